The quantitative estimate of drug-likeness (QED) is 0.799. The lowest BCUT2D eigenvalue weighted by Gasteiger charge is -2.03. The lowest BCUT2D eigenvalue weighted by atomic mass is 10.2. The molecule has 0 saturated heterocycles. The number of aromatic carboxylic acids is 1. The zero-order valence-electron chi connectivity index (χ0n) is 11.5. The molecule has 3 aromatic rings. The predicted octanol–water partition coefficient (Wildman–Crippen LogP) is 2.92. The molecular weight excluding hydrogens is 268 g/mol. The van der Waals surface area contributed by atoms with E-state index in [0.29, 0.717) is 17.9 Å². The van der Waals surface area contributed by atoms with E-state index in [0.717, 1.165) is 5.75 Å². The fourth-order valence-corrected chi connectivity index (χ4v) is 2.10. The SMILES string of the molecule is Cc1ccc(OCc2cn3c(C(=O)O)cccc3n2)cc1. The fourth-order valence-electron chi connectivity index (χ4n) is 2.10. The highest BCUT2D eigenvalue weighted by Crippen LogP contribution is 2.15. The topological polar surface area (TPSA) is 63.8 Å². The first kappa shape index (κ1) is 13.2. The Morgan fingerprint density at radius 2 is 2.00 bits per heavy atom. The van der Waals surface area contributed by atoms with Gasteiger partial charge in [-0.3, -0.25) is 4.40 Å². The minimum absolute atomic E-state index is 0.182. The number of ether oxygens (including phenoxy) is 1. The van der Waals surface area contributed by atoms with Gasteiger partial charge in [-0.05, 0) is 31.2 Å². The molecule has 21 heavy (non-hydrogen) atoms. The van der Waals surface area contributed by atoms with Crippen LogP contribution in [-0.4, -0.2) is 20.5 Å². The third-order valence-corrected chi connectivity index (χ3v) is 3.17. The van der Waals surface area contributed by atoms with Crippen LogP contribution < -0.4 is 4.74 Å². The largest absolute Gasteiger partial charge is 0.487 e. The average molecular weight is 282 g/mol. The second-order valence-corrected chi connectivity index (χ2v) is 4.78. The zero-order chi connectivity index (χ0) is 14.8. The van der Waals surface area contributed by atoms with Crippen LogP contribution >= 0.6 is 0 Å². The van der Waals surface area contributed by atoms with Crippen LogP contribution in [0.25, 0.3) is 5.65 Å². The summed E-state index contributed by atoms with van der Waals surface area (Å²) in [6.07, 6.45) is 1.69. The number of rotatable bonds is 4. The van der Waals surface area contributed by atoms with Crippen LogP contribution in [0.4, 0.5) is 0 Å². The predicted molar refractivity (Wildman–Crippen MR) is 77.7 cm³/mol. The summed E-state index contributed by atoms with van der Waals surface area (Å²) >= 11 is 0. The first-order valence-electron chi connectivity index (χ1n) is 6.53. The molecule has 0 saturated carbocycles. The van der Waals surface area contributed by atoms with E-state index in [1.54, 1.807) is 28.8 Å². The Labute approximate surface area is 121 Å². The summed E-state index contributed by atoms with van der Waals surface area (Å²) in [5.41, 5.74) is 2.63. The van der Waals surface area contributed by atoms with Crippen LogP contribution in [0.5, 0.6) is 5.75 Å². The second-order valence-electron chi connectivity index (χ2n) is 4.78. The molecule has 0 bridgehead atoms. The molecule has 1 aromatic carbocycles. The smallest absolute Gasteiger partial charge is 0.352 e. The molecule has 0 radical (unpaired) electrons. The average Bonchev–Trinajstić information content (AvgIpc) is 2.89. The maximum absolute atomic E-state index is 11.2. The van der Waals surface area contributed by atoms with E-state index in [1.807, 2.05) is 31.2 Å². The lowest BCUT2D eigenvalue weighted by Crippen LogP contribution is -2.03. The first-order chi connectivity index (χ1) is 10.1. The summed E-state index contributed by atoms with van der Waals surface area (Å²) in [7, 11) is 0. The van der Waals surface area contributed by atoms with Crippen LogP contribution in [0.15, 0.2) is 48.7 Å². The Balaban J connectivity index is 1.83. The van der Waals surface area contributed by atoms with Crippen LogP contribution in [0, 0.1) is 6.92 Å². The summed E-state index contributed by atoms with van der Waals surface area (Å²) in [5, 5.41) is 9.15. The molecule has 0 aliphatic heterocycles. The van der Waals surface area contributed by atoms with Crippen LogP contribution in [0.3, 0.4) is 0 Å². The molecule has 106 valence electrons. The van der Waals surface area contributed by atoms with Gasteiger partial charge in [-0.2, -0.15) is 0 Å². The Kier molecular flexibility index (Phi) is 3.31. The Hall–Kier alpha value is -2.82. The highest BCUT2D eigenvalue weighted by atomic mass is 16.5. The van der Waals surface area contributed by atoms with Crippen molar-refractivity contribution in [2.45, 2.75) is 13.5 Å². The Morgan fingerprint density at radius 1 is 1.24 bits per heavy atom. The molecule has 0 spiro atoms. The van der Waals surface area contributed by atoms with Crippen molar-refractivity contribution in [1.82, 2.24) is 9.38 Å². The standard InChI is InChI=1S/C16H14N2O3/c1-11-5-7-13(8-6-11)21-10-12-9-18-14(16(19)20)3-2-4-15(18)17-12/h2-9H,10H2,1H3,(H,19,20). The third-order valence-electron chi connectivity index (χ3n) is 3.17. The van der Waals surface area contributed by atoms with Crippen molar-refractivity contribution in [3.63, 3.8) is 0 Å². The van der Waals surface area contributed by atoms with E-state index in [9.17, 15) is 4.79 Å². The first-order valence-corrected chi connectivity index (χ1v) is 6.53. The molecular formula is C16H14N2O3. The minimum Gasteiger partial charge on any atom is -0.487 e. The van der Waals surface area contributed by atoms with E-state index in [1.165, 1.54) is 5.56 Å². The Morgan fingerprint density at radius 3 is 2.71 bits per heavy atom. The van der Waals surface area contributed by atoms with Gasteiger partial charge in [0.15, 0.2) is 0 Å². The van der Waals surface area contributed by atoms with Crippen molar-refractivity contribution in [3.8, 4) is 5.75 Å². The van der Waals surface area contributed by atoms with Gasteiger partial charge in [0.25, 0.3) is 0 Å². The molecule has 5 heteroatoms. The van der Waals surface area contributed by atoms with Gasteiger partial charge < -0.3 is 9.84 Å². The highest BCUT2D eigenvalue weighted by Gasteiger charge is 2.10. The second kappa shape index (κ2) is 5.28. The number of carboxylic acids is 1. The number of fused-ring (bicyclic) bond motifs is 1. The van der Waals surface area contributed by atoms with E-state index in [4.69, 9.17) is 9.84 Å². The van der Waals surface area contributed by atoms with Gasteiger partial charge in [-0.1, -0.05) is 23.8 Å². The summed E-state index contributed by atoms with van der Waals surface area (Å²) in [4.78, 5) is 15.5. The van der Waals surface area contributed by atoms with Crippen LogP contribution in [0.2, 0.25) is 0 Å². The van der Waals surface area contributed by atoms with E-state index in [2.05, 4.69) is 4.98 Å². The minimum atomic E-state index is -0.982. The number of carbonyl (C=O) groups is 1. The van der Waals surface area contributed by atoms with Gasteiger partial charge in [-0.15, -0.1) is 0 Å². The van der Waals surface area contributed by atoms with Crippen molar-refractivity contribution >= 4 is 11.6 Å². The summed E-state index contributed by atoms with van der Waals surface area (Å²) in [6, 6.07) is 12.7. The number of hydrogen-bond donors (Lipinski definition) is 1. The van der Waals surface area contributed by atoms with E-state index >= 15 is 0 Å². The number of benzene rings is 1. The van der Waals surface area contributed by atoms with Gasteiger partial charge in [0.05, 0.1) is 5.69 Å². The van der Waals surface area contributed by atoms with Crippen molar-refractivity contribution in [2.24, 2.45) is 0 Å². The van der Waals surface area contributed by atoms with E-state index < -0.39 is 5.97 Å². The van der Waals surface area contributed by atoms with Crippen LogP contribution in [0.1, 0.15) is 21.7 Å². The van der Waals surface area contributed by atoms with Crippen molar-refractivity contribution < 1.29 is 14.6 Å². The lowest BCUT2D eigenvalue weighted by molar-refractivity contribution is 0.0689. The summed E-state index contributed by atoms with van der Waals surface area (Å²) < 4.78 is 7.21. The van der Waals surface area contributed by atoms with Crippen LogP contribution in [-0.2, 0) is 6.61 Å². The van der Waals surface area contributed by atoms with Crippen molar-refractivity contribution in [3.05, 3.63) is 65.6 Å². The third kappa shape index (κ3) is 2.72. The Bertz CT molecular complexity index is 791. The highest BCUT2D eigenvalue weighted by molar-refractivity contribution is 5.86. The summed E-state index contributed by atoms with van der Waals surface area (Å²) in [5.74, 6) is -0.222. The van der Waals surface area contributed by atoms with Gasteiger partial charge in [0.1, 0.15) is 23.7 Å². The van der Waals surface area contributed by atoms with Crippen molar-refractivity contribution in [1.29, 1.82) is 0 Å². The zero-order valence-corrected chi connectivity index (χ0v) is 11.5. The number of aryl methyl sites for hydroxylation is 1. The number of imidazole rings is 1. The molecule has 0 unspecified atom stereocenters. The summed E-state index contributed by atoms with van der Waals surface area (Å²) in [6.45, 7) is 2.31. The molecule has 2 heterocycles. The van der Waals surface area contributed by atoms with Gasteiger partial charge in [0, 0.05) is 6.20 Å². The maximum Gasteiger partial charge on any atom is 0.352 e. The molecule has 2 aromatic heterocycles. The number of pyridine rings is 1. The molecule has 0 aliphatic carbocycles. The monoisotopic (exact) mass is 282 g/mol. The molecule has 3 rings (SSSR count). The van der Waals surface area contributed by atoms with Gasteiger partial charge in [0.2, 0.25) is 0 Å². The van der Waals surface area contributed by atoms with Gasteiger partial charge >= 0.3 is 5.97 Å². The number of hydrogen-bond acceptors (Lipinski definition) is 3. The maximum atomic E-state index is 11.2. The van der Waals surface area contributed by atoms with Crippen molar-refractivity contribution in [2.75, 3.05) is 0 Å². The normalized spacial score (nSPS) is 10.7. The van der Waals surface area contributed by atoms with Gasteiger partial charge in [-0.25, -0.2) is 9.78 Å². The fraction of sp³-hybridized carbons (Fsp3) is 0.125. The molecule has 0 atom stereocenters. The number of aromatic nitrogens is 2. The molecule has 0 aliphatic rings. The number of carboxylic acid groups (broad SMARTS) is 1. The molecule has 1 N–H and O–H groups in total. The van der Waals surface area contributed by atoms with E-state index in [-0.39, 0.29) is 5.69 Å². The molecule has 0 amide bonds. The molecule has 5 nitrogen and oxygen atoms in total. The molecule has 0 fully saturated rings. The number of nitrogens with zero attached hydrogens (tertiary/aromatic N) is 2.